The smallest absolute Gasteiger partial charge is 0.245 e. The SMILES string of the molecule is O=C(N[C@H](Cc1ccc(Cl)cc1)C(=O)N1CCN(C2CCCCCC2n2cncn2)CC1)C1CCCNC1. The highest BCUT2D eigenvalue weighted by Crippen LogP contribution is 2.31. The molecule has 2 amide bonds. The molecule has 5 rings (SSSR count). The predicted molar refractivity (Wildman–Crippen MR) is 147 cm³/mol. The highest BCUT2D eigenvalue weighted by atomic mass is 35.5. The molecule has 0 bridgehead atoms. The van der Waals surface area contributed by atoms with Gasteiger partial charge in [-0.25, -0.2) is 9.67 Å². The van der Waals surface area contributed by atoms with Crippen LogP contribution in [0.3, 0.4) is 0 Å². The molecular weight excluding hydrogens is 502 g/mol. The van der Waals surface area contributed by atoms with Gasteiger partial charge in [0.25, 0.3) is 0 Å². The lowest BCUT2D eigenvalue weighted by Crippen LogP contribution is -2.58. The number of benzene rings is 1. The van der Waals surface area contributed by atoms with Gasteiger partial charge in [0, 0.05) is 50.2 Å². The Bertz CT molecular complexity index is 1030. The number of hydrogen-bond acceptors (Lipinski definition) is 6. The molecule has 1 saturated carbocycles. The number of carbonyl (C=O) groups is 2. The summed E-state index contributed by atoms with van der Waals surface area (Å²) in [5.74, 6) is -0.118. The van der Waals surface area contributed by atoms with Gasteiger partial charge in [-0.1, -0.05) is 43.0 Å². The van der Waals surface area contributed by atoms with Gasteiger partial charge in [-0.2, -0.15) is 5.10 Å². The Morgan fingerprint density at radius 1 is 1.00 bits per heavy atom. The van der Waals surface area contributed by atoms with Gasteiger partial charge in [-0.3, -0.25) is 14.5 Å². The van der Waals surface area contributed by atoms with Crippen molar-refractivity contribution in [3.8, 4) is 0 Å². The van der Waals surface area contributed by atoms with E-state index in [0.29, 0.717) is 43.2 Å². The molecular formula is C28H40ClN7O2. The van der Waals surface area contributed by atoms with Gasteiger partial charge in [0.1, 0.15) is 18.7 Å². The normalized spacial score (nSPS) is 25.9. The summed E-state index contributed by atoms with van der Waals surface area (Å²) >= 11 is 6.08. The summed E-state index contributed by atoms with van der Waals surface area (Å²) in [6.45, 7) is 4.60. The van der Waals surface area contributed by atoms with Crippen molar-refractivity contribution in [3.63, 3.8) is 0 Å². The van der Waals surface area contributed by atoms with Crippen LogP contribution in [0.25, 0.3) is 0 Å². The first-order valence-electron chi connectivity index (χ1n) is 14.2. The fraction of sp³-hybridized carbons (Fsp3) is 0.643. The van der Waals surface area contributed by atoms with E-state index in [0.717, 1.165) is 50.9 Å². The molecule has 1 aromatic carbocycles. The number of piperazine rings is 1. The Balaban J connectivity index is 1.24. The van der Waals surface area contributed by atoms with Crippen LogP contribution in [0.2, 0.25) is 5.02 Å². The second-order valence-electron chi connectivity index (χ2n) is 10.9. The summed E-state index contributed by atoms with van der Waals surface area (Å²) < 4.78 is 2.03. The molecule has 3 heterocycles. The van der Waals surface area contributed by atoms with Crippen LogP contribution in [0.4, 0.5) is 0 Å². The second-order valence-corrected chi connectivity index (χ2v) is 11.4. The van der Waals surface area contributed by atoms with Gasteiger partial charge in [-0.05, 0) is 49.9 Å². The molecule has 9 nitrogen and oxygen atoms in total. The van der Waals surface area contributed by atoms with Crippen molar-refractivity contribution in [1.82, 2.24) is 35.2 Å². The van der Waals surface area contributed by atoms with Crippen LogP contribution < -0.4 is 10.6 Å². The third-order valence-electron chi connectivity index (χ3n) is 8.45. The molecule has 10 heteroatoms. The Morgan fingerprint density at radius 2 is 1.76 bits per heavy atom. The first-order chi connectivity index (χ1) is 18.6. The fourth-order valence-corrected chi connectivity index (χ4v) is 6.43. The largest absolute Gasteiger partial charge is 0.344 e. The van der Waals surface area contributed by atoms with E-state index in [1.165, 1.54) is 19.3 Å². The Kier molecular flexibility index (Phi) is 9.30. The Labute approximate surface area is 230 Å². The van der Waals surface area contributed by atoms with E-state index < -0.39 is 6.04 Å². The predicted octanol–water partition coefficient (Wildman–Crippen LogP) is 2.68. The van der Waals surface area contributed by atoms with Gasteiger partial charge < -0.3 is 15.5 Å². The van der Waals surface area contributed by atoms with Crippen molar-refractivity contribution in [2.45, 2.75) is 69.5 Å². The van der Waals surface area contributed by atoms with Crippen LogP contribution in [0, 0.1) is 5.92 Å². The van der Waals surface area contributed by atoms with E-state index in [9.17, 15) is 9.59 Å². The lowest BCUT2D eigenvalue weighted by atomic mass is 9.97. The molecule has 1 aliphatic carbocycles. The molecule has 2 aromatic rings. The van der Waals surface area contributed by atoms with Gasteiger partial charge in [0.2, 0.25) is 11.8 Å². The minimum Gasteiger partial charge on any atom is -0.344 e. The number of nitrogens with zero attached hydrogens (tertiary/aromatic N) is 5. The highest BCUT2D eigenvalue weighted by Gasteiger charge is 2.35. The molecule has 3 unspecified atom stereocenters. The van der Waals surface area contributed by atoms with Crippen molar-refractivity contribution < 1.29 is 9.59 Å². The maximum atomic E-state index is 13.8. The first-order valence-corrected chi connectivity index (χ1v) is 14.6. The molecule has 3 fully saturated rings. The van der Waals surface area contributed by atoms with E-state index in [-0.39, 0.29) is 17.7 Å². The molecule has 2 saturated heterocycles. The number of carbonyl (C=O) groups excluding carboxylic acids is 2. The fourth-order valence-electron chi connectivity index (χ4n) is 6.31. The van der Waals surface area contributed by atoms with E-state index in [2.05, 4.69) is 25.6 Å². The van der Waals surface area contributed by atoms with Crippen molar-refractivity contribution in [3.05, 3.63) is 47.5 Å². The van der Waals surface area contributed by atoms with Gasteiger partial charge >= 0.3 is 0 Å². The summed E-state index contributed by atoms with van der Waals surface area (Å²) in [5.41, 5.74) is 0.989. The monoisotopic (exact) mass is 541 g/mol. The zero-order chi connectivity index (χ0) is 26.3. The molecule has 4 atom stereocenters. The summed E-state index contributed by atoms with van der Waals surface area (Å²) in [4.78, 5) is 35.6. The number of aromatic nitrogens is 3. The maximum absolute atomic E-state index is 13.8. The number of rotatable bonds is 7. The summed E-state index contributed by atoms with van der Waals surface area (Å²) in [6.07, 6.45) is 11.7. The van der Waals surface area contributed by atoms with Crippen LogP contribution in [0.5, 0.6) is 0 Å². The maximum Gasteiger partial charge on any atom is 0.245 e. The molecule has 1 aromatic heterocycles. The van der Waals surface area contributed by atoms with Gasteiger partial charge in [0.15, 0.2) is 0 Å². The minimum absolute atomic E-state index is 0.00501. The van der Waals surface area contributed by atoms with Crippen LogP contribution in [-0.4, -0.2) is 87.7 Å². The molecule has 3 aliphatic rings. The van der Waals surface area contributed by atoms with Gasteiger partial charge in [-0.15, -0.1) is 0 Å². The summed E-state index contributed by atoms with van der Waals surface area (Å²) in [5, 5.41) is 11.6. The average molecular weight is 542 g/mol. The average Bonchev–Trinajstić information content (AvgIpc) is 3.38. The summed E-state index contributed by atoms with van der Waals surface area (Å²) in [7, 11) is 0. The standard InChI is InChI=1S/C28H40ClN7O2/c29-23-10-8-21(9-11-23)17-24(33-27(37)22-5-4-12-30-18-22)28(38)35-15-13-34(14-16-35)25-6-2-1-3-7-26(25)36-20-31-19-32-36/h8-11,19-20,22,24-26,30H,1-7,12-18H2,(H,33,37)/t22?,24-,25?,26?/m1/s1. The second kappa shape index (κ2) is 13.0. The first kappa shape index (κ1) is 27.1. The van der Waals surface area contributed by atoms with E-state index in [4.69, 9.17) is 11.6 Å². The van der Waals surface area contributed by atoms with Crippen molar-refractivity contribution >= 4 is 23.4 Å². The topological polar surface area (TPSA) is 95.4 Å². The van der Waals surface area contributed by atoms with E-state index in [1.54, 1.807) is 6.33 Å². The van der Waals surface area contributed by atoms with Gasteiger partial charge in [0.05, 0.1) is 12.0 Å². The Morgan fingerprint density at radius 3 is 2.45 bits per heavy atom. The zero-order valence-electron chi connectivity index (χ0n) is 22.1. The number of nitrogens with one attached hydrogen (secondary N) is 2. The van der Waals surface area contributed by atoms with Crippen molar-refractivity contribution in [2.24, 2.45) is 5.92 Å². The molecule has 38 heavy (non-hydrogen) atoms. The van der Waals surface area contributed by atoms with Crippen LogP contribution in [-0.2, 0) is 16.0 Å². The molecule has 2 N–H and O–H groups in total. The number of piperidine rings is 1. The number of hydrogen-bond donors (Lipinski definition) is 2. The number of halogens is 1. The zero-order valence-corrected chi connectivity index (χ0v) is 22.9. The lowest BCUT2D eigenvalue weighted by molar-refractivity contribution is -0.139. The lowest BCUT2D eigenvalue weighted by Gasteiger charge is -2.42. The van der Waals surface area contributed by atoms with Crippen LogP contribution in [0.1, 0.15) is 56.6 Å². The molecule has 0 spiro atoms. The minimum atomic E-state index is -0.585. The quantitative estimate of drug-likeness (QED) is 0.523. The molecule has 206 valence electrons. The third-order valence-corrected chi connectivity index (χ3v) is 8.70. The van der Waals surface area contributed by atoms with E-state index in [1.807, 2.05) is 40.2 Å². The summed E-state index contributed by atoms with van der Waals surface area (Å²) in [6, 6.07) is 7.68. The Hall–Kier alpha value is -2.49. The number of amides is 2. The van der Waals surface area contributed by atoms with E-state index >= 15 is 0 Å². The molecule has 2 aliphatic heterocycles. The van der Waals surface area contributed by atoms with Crippen molar-refractivity contribution in [2.75, 3.05) is 39.3 Å². The third kappa shape index (κ3) is 6.74. The molecule has 0 radical (unpaired) electrons. The van der Waals surface area contributed by atoms with Crippen LogP contribution in [0.15, 0.2) is 36.9 Å². The van der Waals surface area contributed by atoms with Crippen LogP contribution >= 0.6 is 11.6 Å². The van der Waals surface area contributed by atoms with Crippen molar-refractivity contribution in [1.29, 1.82) is 0 Å². The highest BCUT2D eigenvalue weighted by molar-refractivity contribution is 6.30.